The van der Waals surface area contributed by atoms with Crippen LogP contribution >= 0.6 is 0 Å². The van der Waals surface area contributed by atoms with Gasteiger partial charge >= 0.3 is 18.4 Å². The molecule has 0 bridgehead atoms. The van der Waals surface area contributed by atoms with Gasteiger partial charge in [-0.25, -0.2) is 4.79 Å². The van der Waals surface area contributed by atoms with Crippen molar-refractivity contribution in [1.29, 1.82) is 0 Å². The number of phenols is 1. The number of fused-ring (bicyclic) bond motifs is 3. The molecule has 53 heavy (non-hydrogen) atoms. The van der Waals surface area contributed by atoms with Gasteiger partial charge in [-0.05, 0) is 71.4 Å². The summed E-state index contributed by atoms with van der Waals surface area (Å²) >= 11 is 0. The Labute approximate surface area is 299 Å². The third-order valence-corrected chi connectivity index (χ3v) is 11.5. The highest BCUT2D eigenvalue weighted by molar-refractivity contribution is 6.10. The number of amides is 3. The number of phenolic OH excluding ortho intramolecular Hbond substituents is 1. The van der Waals surface area contributed by atoms with Gasteiger partial charge in [0, 0.05) is 11.1 Å². The summed E-state index contributed by atoms with van der Waals surface area (Å²) in [5.74, 6) is -9.61. The Balaban J connectivity index is 1.60. The van der Waals surface area contributed by atoms with Crippen molar-refractivity contribution in [1.82, 2.24) is 0 Å². The summed E-state index contributed by atoms with van der Waals surface area (Å²) in [6.07, 6.45) is -14.3. The maximum absolute atomic E-state index is 14.6. The summed E-state index contributed by atoms with van der Waals surface area (Å²) in [7, 11) is 0. The minimum atomic E-state index is -5.20. The van der Waals surface area contributed by atoms with E-state index in [0.29, 0.717) is 11.1 Å². The number of aromatic hydroxyl groups is 1. The van der Waals surface area contributed by atoms with Gasteiger partial charge in [0.15, 0.2) is 17.2 Å². The quantitative estimate of drug-likeness (QED) is 0.120. The Hall–Kier alpha value is -4.22. The summed E-state index contributed by atoms with van der Waals surface area (Å²) in [4.78, 5) is 54.0. The summed E-state index contributed by atoms with van der Waals surface area (Å²) in [6.45, 7) is 10.0. The Morgan fingerprint density at radius 3 is 1.94 bits per heavy atom. The smallest absolute Gasteiger partial charge is 0.416 e. The molecule has 0 spiro atoms. The number of carbonyl (C=O) groups excluding carboxylic acids is 4. The fourth-order valence-electron chi connectivity index (χ4n) is 9.55. The number of carbonyl (C=O) groups is 4. The van der Waals surface area contributed by atoms with E-state index >= 15 is 0 Å². The van der Waals surface area contributed by atoms with E-state index in [-0.39, 0.29) is 31.0 Å². The predicted molar refractivity (Wildman–Crippen MR) is 177 cm³/mol. The lowest BCUT2D eigenvalue weighted by molar-refractivity contribution is -0.265. The van der Waals surface area contributed by atoms with E-state index in [0.717, 1.165) is 0 Å². The third kappa shape index (κ3) is 6.13. The summed E-state index contributed by atoms with van der Waals surface area (Å²) < 4.78 is 80.4. The number of aliphatic hydroxyl groups is 3. The van der Waals surface area contributed by atoms with E-state index in [9.17, 15) is 65.9 Å². The Bertz CT molecular complexity index is 1860. The van der Waals surface area contributed by atoms with Gasteiger partial charge in [0.25, 0.3) is 0 Å². The van der Waals surface area contributed by atoms with Crippen LogP contribution in [0.25, 0.3) is 0 Å². The fourth-order valence-corrected chi connectivity index (χ4v) is 9.55. The largest absolute Gasteiger partial charge is 0.505 e. The molecule has 2 aromatic carbocycles. The molecule has 11 nitrogen and oxygen atoms in total. The first-order chi connectivity index (χ1) is 24.1. The van der Waals surface area contributed by atoms with Gasteiger partial charge < -0.3 is 36.8 Å². The molecule has 2 aromatic rings. The van der Waals surface area contributed by atoms with Crippen LogP contribution in [0.4, 0.5) is 42.5 Å². The summed E-state index contributed by atoms with van der Waals surface area (Å²) in [5.41, 5.74) is -4.48. The average molecular weight is 758 g/mol. The molecule has 5 rings (SSSR count). The number of nitrogens with one attached hydrogen (secondary N) is 2. The molecule has 8 N–H and O–H groups in total. The Morgan fingerprint density at radius 1 is 0.925 bits per heavy atom. The number of ketones is 2. The van der Waals surface area contributed by atoms with Gasteiger partial charge in [-0.3, -0.25) is 14.4 Å². The standard InChI is InChI=1S/C36H41F6N3O8/c1-13(2)18-10-20(45-31(52)44-17-8-15(35(37,38)39)7-16(9-17)36(40,41)42)25(46)21-19(18)11-32(5)12-33(6)23(14(3)4)27(48)22(30(43)51)28(49)34(33,53)29(50)24(32)26(21)47/h7-10,13-14,22-24,27,29,46,48,50,53H,11-12H2,1-6H3,(H2,43,51)(H2,44,45,52)/t22?,23-,24?,27?,29?,32+,33+,34-/m0/s1. The second-order valence-electron chi connectivity index (χ2n) is 15.7. The summed E-state index contributed by atoms with van der Waals surface area (Å²) in [5, 5.41) is 51.2. The van der Waals surface area contributed by atoms with Crippen LogP contribution in [0.5, 0.6) is 5.75 Å². The monoisotopic (exact) mass is 757 g/mol. The first-order valence-corrected chi connectivity index (χ1v) is 16.8. The number of nitrogens with two attached hydrogens (primary N) is 1. The first kappa shape index (κ1) is 40.0. The maximum atomic E-state index is 14.6. The van der Waals surface area contributed by atoms with Crippen LogP contribution in [0.15, 0.2) is 24.3 Å². The average Bonchev–Trinajstić information content (AvgIpc) is 2.98. The minimum Gasteiger partial charge on any atom is -0.505 e. The first-order valence-electron chi connectivity index (χ1n) is 16.8. The molecule has 17 heteroatoms. The third-order valence-electron chi connectivity index (χ3n) is 11.5. The zero-order valence-corrected chi connectivity index (χ0v) is 29.5. The second kappa shape index (κ2) is 12.7. The number of halogens is 6. The van der Waals surface area contributed by atoms with Gasteiger partial charge in [0.2, 0.25) is 5.91 Å². The highest BCUT2D eigenvalue weighted by Gasteiger charge is 2.76. The number of primary amides is 1. The van der Waals surface area contributed by atoms with Gasteiger partial charge in [-0.15, -0.1) is 0 Å². The highest BCUT2D eigenvalue weighted by Crippen LogP contribution is 2.66. The zero-order chi connectivity index (χ0) is 40.1. The van der Waals surface area contributed by atoms with Crippen molar-refractivity contribution in [3.8, 4) is 5.75 Å². The molecular weight excluding hydrogens is 716 g/mol. The lowest BCUT2D eigenvalue weighted by Crippen LogP contribution is -2.79. The number of hydrogen-bond donors (Lipinski definition) is 7. The van der Waals surface area contributed by atoms with Crippen LogP contribution in [-0.4, -0.2) is 61.7 Å². The topological polar surface area (TPSA) is 199 Å². The number of Topliss-reactive ketones (excluding diaryl/α,β-unsaturated/α-hetero) is 2. The molecule has 290 valence electrons. The van der Waals surface area contributed by atoms with Gasteiger partial charge in [0.1, 0.15) is 17.8 Å². The van der Waals surface area contributed by atoms with Crippen molar-refractivity contribution in [3.63, 3.8) is 0 Å². The number of benzene rings is 2. The minimum absolute atomic E-state index is 0.0200. The van der Waals surface area contributed by atoms with E-state index in [4.69, 9.17) is 5.73 Å². The van der Waals surface area contributed by atoms with E-state index in [1.807, 2.05) is 5.32 Å². The van der Waals surface area contributed by atoms with Crippen molar-refractivity contribution < 1.29 is 65.9 Å². The van der Waals surface area contributed by atoms with Crippen LogP contribution in [0.1, 0.15) is 86.5 Å². The Kier molecular flexibility index (Phi) is 9.57. The van der Waals surface area contributed by atoms with E-state index in [2.05, 4.69) is 5.32 Å². The lowest BCUT2D eigenvalue weighted by atomic mass is 9.39. The van der Waals surface area contributed by atoms with Gasteiger partial charge in [-0.1, -0.05) is 41.5 Å². The van der Waals surface area contributed by atoms with E-state index in [1.165, 1.54) is 13.0 Å². The predicted octanol–water partition coefficient (Wildman–Crippen LogP) is 5.38. The van der Waals surface area contributed by atoms with Crippen molar-refractivity contribution >= 4 is 34.9 Å². The molecule has 4 unspecified atom stereocenters. The molecule has 2 saturated carbocycles. The molecule has 0 aliphatic heterocycles. The van der Waals surface area contributed by atoms with Crippen molar-refractivity contribution in [2.75, 3.05) is 10.6 Å². The van der Waals surface area contributed by atoms with Crippen molar-refractivity contribution in [3.05, 3.63) is 52.1 Å². The number of rotatable bonds is 5. The molecule has 3 amide bonds. The molecule has 2 fully saturated rings. The molecule has 3 aliphatic carbocycles. The molecule has 3 aliphatic rings. The SMILES string of the molecule is CC(C)c1cc(NC(=O)Nc2cc(C(F)(F)F)cc(C(F)(F)F)c2)c(O)c2c1C[C@]1(C)C[C@]3(C)[C@@H](C(C)C)C(O)C(C(N)=O)C(=O)[C@]3(O)C(O)C1C2=O. The fraction of sp³-hybridized carbons (Fsp3) is 0.556. The maximum Gasteiger partial charge on any atom is 0.416 e. The normalized spacial score (nSPS) is 31.5. The lowest BCUT2D eigenvalue weighted by Gasteiger charge is -2.66. The molecule has 8 atom stereocenters. The molecule has 0 saturated heterocycles. The second-order valence-corrected chi connectivity index (χ2v) is 15.7. The zero-order valence-electron chi connectivity index (χ0n) is 29.5. The number of urea groups is 1. The van der Waals surface area contributed by atoms with E-state index < -0.39 is 128 Å². The van der Waals surface area contributed by atoms with E-state index in [1.54, 1.807) is 34.6 Å². The van der Waals surface area contributed by atoms with Crippen LogP contribution in [-0.2, 0) is 28.4 Å². The molecule has 0 aromatic heterocycles. The van der Waals surface area contributed by atoms with Crippen LogP contribution in [0, 0.1) is 34.5 Å². The molecule has 0 radical (unpaired) electrons. The summed E-state index contributed by atoms with van der Waals surface area (Å²) in [6, 6.07) is 0.384. The number of hydrogen-bond acceptors (Lipinski definition) is 8. The van der Waals surface area contributed by atoms with Crippen LogP contribution in [0.2, 0.25) is 0 Å². The van der Waals surface area contributed by atoms with Crippen LogP contribution < -0.4 is 16.4 Å². The Morgan fingerprint density at radius 2 is 1.47 bits per heavy atom. The molecular formula is C36H41F6N3O8. The number of anilines is 2. The molecule has 0 heterocycles. The van der Waals surface area contributed by atoms with Crippen molar-refractivity contribution in [2.45, 2.75) is 90.5 Å². The number of alkyl halides is 6. The van der Waals surface area contributed by atoms with Gasteiger partial charge in [0.05, 0.1) is 34.4 Å². The highest BCUT2D eigenvalue weighted by atomic mass is 19.4. The van der Waals surface area contributed by atoms with Crippen LogP contribution in [0.3, 0.4) is 0 Å². The number of aliphatic hydroxyl groups excluding tert-OH is 2. The van der Waals surface area contributed by atoms with Gasteiger partial charge in [-0.2, -0.15) is 26.3 Å². The van der Waals surface area contributed by atoms with Crippen molar-refractivity contribution in [2.24, 2.45) is 40.2 Å².